The molecule has 3 heteroatoms. The number of rotatable bonds is 1. The molecule has 1 heterocycles. The van der Waals surface area contributed by atoms with Gasteiger partial charge in [-0.2, -0.15) is 0 Å². The van der Waals surface area contributed by atoms with Crippen LogP contribution in [0.15, 0.2) is 23.5 Å². The fraction of sp³-hybridized carbons (Fsp3) is 0.783. The molecule has 5 rings (SSSR count). The predicted molar refractivity (Wildman–Crippen MR) is 100 cm³/mol. The number of fused-ring (bicyclic) bond motifs is 6. The molecule has 0 radical (unpaired) electrons. The Labute approximate surface area is 157 Å². The molecule has 5 aliphatic rings. The molecular formula is C23H32O3. The first kappa shape index (κ1) is 16.9. The second-order valence-electron chi connectivity index (χ2n) is 9.97. The second-order valence-corrected chi connectivity index (χ2v) is 9.97. The van der Waals surface area contributed by atoms with Crippen molar-refractivity contribution in [3.05, 3.63) is 23.5 Å². The van der Waals surface area contributed by atoms with Crippen LogP contribution < -0.4 is 0 Å². The minimum absolute atomic E-state index is 0.0382. The molecule has 0 aromatic heterocycles. The number of esters is 1. The van der Waals surface area contributed by atoms with Crippen molar-refractivity contribution in [3.8, 4) is 0 Å². The molecule has 26 heavy (non-hydrogen) atoms. The normalized spacial score (nSPS) is 49.7. The molecule has 0 aromatic rings. The molecule has 1 spiro atoms. The zero-order valence-electron chi connectivity index (χ0n) is 16.5. The van der Waals surface area contributed by atoms with Gasteiger partial charge in [-0.1, -0.05) is 19.9 Å². The molecule has 1 aliphatic heterocycles. The quantitative estimate of drug-likeness (QED) is 0.608. The maximum Gasteiger partial charge on any atom is 0.306 e. The Bertz CT molecular complexity index is 706. The van der Waals surface area contributed by atoms with Crippen LogP contribution >= 0.6 is 0 Å². The van der Waals surface area contributed by atoms with Crippen molar-refractivity contribution in [1.29, 1.82) is 0 Å². The van der Waals surface area contributed by atoms with E-state index in [1.54, 1.807) is 7.11 Å². The monoisotopic (exact) mass is 356 g/mol. The van der Waals surface area contributed by atoms with Crippen LogP contribution in [0.5, 0.6) is 0 Å². The number of methoxy groups -OCH3 is 1. The summed E-state index contributed by atoms with van der Waals surface area (Å²) in [4.78, 5) is 12.0. The summed E-state index contributed by atoms with van der Waals surface area (Å²) in [5.74, 6) is 3.40. The summed E-state index contributed by atoms with van der Waals surface area (Å²) in [6.45, 7) is 4.95. The summed E-state index contributed by atoms with van der Waals surface area (Å²) in [6, 6.07) is 0. The number of carbonyl (C=O) groups is 1. The largest absolute Gasteiger partial charge is 0.501 e. The fourth-order valence-corrected chi connectivity index (χ4v) is 7.76. The van der Waals surface area contributed by atoms with Crippen molar-refractivity contribution < 1.29 is 14.3 Å². The lowest BCUT2D eigenvalue weighted by Gasteiger charge is -2.58. The lowest BCUT2D eigenvalue weighted by Crippen LogP contribution is -2.54. The van der Waals surface area contributed by atoms with E-state index in [0.29, 0.717) is 17.8 Å². The molecule has 1 saturated heterocycles. The first-order valence-electron chi connectivity index (χ1n) is 10.6. The molecule has 6 atom stereocenters. The Balaban J connectivity index is 1.49. The highest BCUT2D eigenvalue weighted by molar-refractivity contribution is 5.72. The van der Waals surface area contributed by atoms with Crippen LogP contribution in [-0.2, 0) is 14.3 Å². The number of carbonyl (C=O) groups excluding carboxylic acids is 1. The SMILES string of the molecule is COC1=CC2=CCC3C(CCC4(C)C3CC[C@@]43CCC(=O)O3)C2(C)CC1. The Kier molecular flexibility index (Phi) is 3.50. The molecule has 0 N–H and O–H groups in total. The summed E-state index contributed by atoms with van der Waals surface area (Å²) >= 11 is 0. The van der Waals surface area contributed by atoms with Crippen molar-refractivity contribution in [2.75, 3.05) is 7.11 Å². The third kappa shape index (κ3) is 1.98. The van der Waals surface area contributed by atoms with E-state index in [2.05, 4.69) is 26.0 Å². The van der Waals surface area contributed by atoms with Crippen LogP contribution in [0.3, 0.4) is 0 Å². The zero-order chi connectivity index (χ0) is 18.2. The van der Waals surface area contributed by atoms with E-state index in [1.165, 1.54) is 37.7 Å². The third-order valence-corrected chi connectivity index (χ3v) is 9.33. The van der Waals surface area contributed by atoms with E-state index in [4.69, 9.17) is 9.47 Å². The van der Waals surface area contributed by atoms with Gasteiger partial charge in [0.1, 0.15) is 5.60 Å². The summed E-state index contributed by atoms with van der Waals surface area (Å²) < 4.78 is 11.6. The van der Waals surface area contributed by atoms with Gasteiger partial charge in [-0.3, -0.25) is 4.79 Å². The molecular weight excluding hydrogens is 324 g/mol. The molecule has 0 bridgehead atoms. The minimum Gasteiger partial charge on any atom is -0.501 e. The van der Waals surface area contributed by atoms with Crippen LogP contribution in [-0.4, -0.2) is 18.7 Å². The number of hydrogen-bond acceptors (Lipinski definition) is 3. The molecule has 0 amide bonds. The van der Waals surface area contributed by atoms with Gasteiger partial charge in [0, 0.05) is 18.3 Å². The van der Waals surface area contributed by atoms with E-state index in [1.807, 2.05) is 0 Å². The van der Waals surface area contributed by atoms with Gasteiger partial charge < -0.3 is 9.47 Å². The first-order valence-corrected chi connectivity index (χ1v) is 10.6. The van der Waals surface area contributed by atoms with Gasteiger partial charge in [-0.25, -0.2) is 0 Å². The second kappa shape index (κ2) is 5.39. The fourth-order valence-electron chi connectivity index (χ4n) is 7.76. The minimum atomic E-state index is -0.152. The lowest BCUT2D eigenvalue weighted by atomic mass is 9.47. The van der Waals surface area contributed by atoms with Crippen LogP contribution in [0.2, 0.25) is 0 Å². The standard InChI is InChI=1S/C23H32O3/c1-21-10-6-16(25-3)14-15(21)4-5-17-18(21)7-11-22(2)19(17)8-12-23(22)13-9-20(24)26-23/h4,14,17-19H,5-13H2,1-3H3/t17?,18?,19?,21?,22?,23-/m1/s1. The zero-order valence-corrected chi connectivity index (χ0v) is 16.5. The summed E-state index contributed by atoms with van der Waals surface area (Å²) in [5, 5.41) is 0. The van der Waals surface area contributed by atoms with Crippen LogP contribution in [0.4, 0.5) is 0 Å². The van der Waals surface area contributed by atoms with Crippen LogP contribution in [0.25, 0.3) is 0 Å². The van der Waals surface area contributed by atoms with E-state index in [-0.39, 0.29) is 17.0 Å². The molecule has 142 valence electrons. The highest BCUT2D eigenvalue weighted by Gasteiger charge is 2.66. The van der Waals surface area contributed by atoms with Crippen molar-refractivity contribution in [2.24, 2.45) is 28.6 Å². The Morgan fingerprint density at radius 1 is 1.08 bits per heavy atom. The summed E-state index contributed by atoms with van der Waals surface area (Å²) in [5.41, 5.74) is 1.85. The van der Waals surface area contributed by atoms with Crippen molar-refractivity contribution in [2.45, 2.75) is 77.2 Å². The smallest absolute Gasteiger partial charge is 0.306 e. The van der Waals surface area contributed by atoms with Gasteiger partial charge in [-0.15, -0.1) is 0 Å². The van der Waals surface area contributed by atoms with Crippen molar-refractivity contribution in [3.63, 3.8) is 0 Å². The average molecular weight is 357 g/mol. The third-order valence-electron chi connectivity index (χ3n) is 9.33. The van der Waals surface area contributed by atoms with E-state index in [0.717, 1.165) is 36.9 Å². The van der Waals surface area contributed by atoms with Gasteiger partial charge in [0.2, 0.25) is 0 Å². The predicted octanol–water partition coefficient (Wildman–Crippen LogP) is 5.17. The van der Waals surface area contributed by atoms with Crippen molar-refractivity contribution >= 4 is 5.97 Å². The van der Waals surface area contributed by atoms with Gasteiger partial charge in [0.25, 0.3) is 0 Å². The number of hydrogen-bond donors (Lipinski definition) is 0. The Morgan fingerprint density at radius 3 is 2.62 bits per heavy atom. The number of ether oxygens (including phenoxy) is 2. The van der Waals surface area contributed by atoms with Crippen molar-refractivity contribution in [1.82, 2.24) is 0 Å². The van der Waals surface area contributed by atoms with Gasteiger partial charge in [0.15, 0.2) is 0 Å². The molecule has 5 unspecified atom stereocenters. The van der Waals surface area contributed by atoms with E-state index >= 15 is 0 Å². The van der Waals surface area contributed by atoms with Gasteiger partial charge >= 0.3 is 5.97 Å². The number of allylic oxidation sites excluding steroid dienone is 4. The summed E-state index contributed by atoms with van der Waals surface area (Å²) in [6.07, 6.45) is 14.7. The Morgan fingerprint density at radius 2 is 1.88 bits per heavy atom. The maximum absolute atomic E-state index is 12.0. The average Bonchev–Trinajstić information content (AvgIpc) is 3.15. The molecule has 3 fully saturated rings. The Hall–Kier alpha value is -1.25. The molecule has 3 nitrogen and oxygen atoms in total. The summed E-state index contributed by atoms with van der Waals surface area (Å²) in [7, 11) is 1.80. The van der Waals surface area contributed by atoms with Gasteiger partial charge in [-0.05, 0) is 79.8 Å². The first-order chi connectivity index (χ1) is 12.4. The van der Waals surface area contributed by atoms with Crippen LogP contribution in [0, 0.1) is 28.6 Å². The van der Waals surface area contributed by atoms with E-state index < -0.39 is 0 Å². The molecule has 4 aliphatic carbocycles. The highest BCUT2D eigenvalue weighted by atomic mass is 16.6. The highest BCUT2D eigenvalue weighted by Crippen LogP contribution is 2.69. The van der Waals surface area contributed by atoms with E-state index in [9.17, 15) is 4.79 Å². The lowest BCUT2D eigenvalue weighted by molar-refractivity contribution is -0.167. The molecule has 2 saturated carbocycles. The topological polar surface area (TPSA) is 35.5 Å². The van der Waals surface area contributed by atoms with Crippen LogP contribution in [0.1, 0.15) is 71.6 Å². The van der Waals surface area contributed by atoms with Gasteiger partial charge in [0.05, 0.1) is 12.9 Å². The molecule has 0 aromatic carbocycles. The maximum atomic E-state index is 12.0.